The van der Waals surface area contributed by atoms with Gasteiger partial charge in [0.1, 0.15) is 0 Å². The zero-order chi connectivity index (χ0) is 18.9. The van der Waals surface area contributed by atoms with Gasteiger partial charge in [0.05, 0.1) is 13.2 Å². The summed E-state index contributed by atoms with van der Waals surface area (Å²) in [6.45, 7) is 3.35. The summed E-state index contributed by atoms with van der Waals surface area (Å²) in [5.74, 6) is 0.282. The standard InChI is InChI=1S/C19H30N4O3/c1-20-18(24)9-8-16-6-4-5-7-17(16)21-19(25)23-10-11-26-14-15(13-23)12-22(2)3/h4-7,15H,8-14H2,1-3H3,(H,20,24)(H,21,25)/t15-/m1/s1. The fourth-order valence-electron chi connectivity index (χ4n) is 3.12. The van der Waals surface area contributed by atoms with E-state index in [4.69, 9.17) is 4.74 Å². The summed E-state index contributed by atoms with van der Waals surface area (Å²) in [7, 11) is 5.68. The lowest BCUT2D eigenvalue weighted by atomic mass is 10.1. The Bertz CT molecular complexity index is 606. The molecule has 7 nitrogen and oxygen atoms in total. The Morgan fingerprint density at radius 1 is 1.31 bits per heavy atom. The molecule has 1 saturated heterocycles. The third-order valence-corrected chi connectivity index (χ3v) is 4.41. The summed E-state index contributed by atoms with van der Waals surface area (Å²) in [6.07, 6.45) is 0.980. The third-order valence-electron chi connectivity index (χ3n) is 4.41. The number of aryl methyl sites for hydroxylation is 1. The molecule has 1 aromatic rings. The number of carbonyl (C=O) groups excluding carboxylic acids is 2. The molecule has 0 bridgehead atoms. The van der Waals surface area contributed by atoms with Crippen LogP contribution in [-0.2, 0) is 16.0 Å². The molecule has 0 aromatic heterocycles. The van der Waals surface area contributed by atoms with Crippen LogP contribution in [0.15, 0.2) is 24.3 Å². The SMILES string of the molecule is CNC(=O)CCc1ccccc1NC(=O)N1CCOC[C@H](CN(C)C)C1. The Morgan fingerprint density at radius 3 is 2.81 bits per heavy atom. The van der Waals surface area contributed by atoms with Crippen LogP contribution in [0.25, 0.3) is 0 Å². The first kappa shape index (κ1) is 20.2. The summed E-state index contributed by atoms with van der Waals surface area (Å²) >= 11 is 0. The minimum Gasteiger partial charge on any atom is -0.379 e. The van der Waals surface area contributed by atoms with Crippen LogP contribution in [0, 0.1) is 5.92 Å². The summed E-state index contributed by atoms with van der Waals surface area (Å²) in [4.78, 5) is 28.2. The van der Waals surface area contributed by atoms with Gasteiger partial charge in [-0.15, -0.1) is 0 Å². The smallest absolute Gasteiger partial charge is 0.321 e. The number of benzene rings is 1. The van der Waals surface area contributed by atoms with E-state index < -0.39 is 0 Å². The average molecular weight is 362 g/mol. The average Bonchev–Trinajstić information content (AvgIpc) is 2.85. The minimum atomic E-state index is -0.119. The molecule has 0 unspecified atom stereocenters. The van der Waals surface area contributed by atoms with E-state index in [1.165, 1.54) is 0 Å². The number of ether oxygens (including phenoxy) is 1. The van der Waals surface area contributed by atoms with Crippen LogP contribution in [-0.4, -0.2) is 75.7 Å². The molecule has 0 saturated carbocycles. The Balaban J connectivity index is 2.00. The first-order valence-electron chi connectivity index (χ1n) is 9.06. The van der Waals surface area contributed by atoms with Crippen molar-refractivity contribution in [3.63, 3.8) is 0 Å². The van der Waals surface area contributed by atoms with Gasteiger partial charge < -0.3 is 25.2 Å². The van der Waals surface area contributed by atoms with E-state index in [0.29, 0.717) is 45.1 Å². The van der Waals surface area contributed by atoms with Crippen LogP contribution in [0.5, 0.6) is 0 Å². The molecule has 1 aliphatic rings. The van der Waals surface area contributed by atoms with Crippen molar-refractivity contribution in [2.45, 2.75) is 12.8 Å². The molecule has 1 atom stereocenters. The van der Waals surface area contributed by atoms with E-state index in [9.17, 15) is 9.59 Å². The van der Waals surface area contributed by atoms with Crippen LogP contribution in [0.1, 0.15) is 12.0 Å². The molecular weight excluding hydrogens is 332 g/mol. The molecule has 1 heterocycles. The first-order valence-corrected chi connectivity index (χ1v) is 9.06. The molecule has 1 fully saturated rings. The highest BCUT2D eigenvalue weighted by molar-refractivity contribution is 5.90. The van der Waals surface area contributed by atoms with E-state index >= 15 is 0 Å². The highest BCUT2D eigenvalue weighted by atomic mass is 16.5. The van der Waals surface area contributed by atoms with Crippen LogP contribution in [0.4, 0.5) is 10.5 Å². The van der Waals surface area contributed by atoms with Crippen LogP contribution < -0.4 is 10.6 Å². The van der Waals surface area contributed by atoms with Crippen LogP contribution in [0.3, 0.4) is 0 Å². The maximum absolute atomic E-state index is 12.8. The number of hydrogen-bond acceptors (Lipinski definition) is 4. The van der Waals surface area contributed by atoms with Gasteiger partial charge in [0.2, 0.25) is 5.91 Å². The van der Waals surface area contributed by atoms with Gasteiger partial charge in [0.15, 0.2) is 0 Å². The monoisotopic (exact) mass is 362 g/mol. The maximum Gasteiger partial charge on any atom is 0.321 e. The lowest BCUT2D eigenvalue weighted by Gasteiger charge is -2.26. The second kappa shape index (κ2) is 10.1. The fraction of sp³-hybridized carbons (Fsp3) is 0.579. The van der Waals surface area contributed by atoms with Gasteiger partial charge >= 0.3 is 6.03 Å². The number of anilines is 1. The van der Waals surface area contributed by atoms with Crippen molar-refractivity contribution in [2.24, 2.45) is 5.92 Å². The molecule has 0 spiro atoms. The topological polar surface area (TPSA) is 73.9 Å². The minimum absolute atomic E-state index is 0.0117. The zero-order valence-electron chi connectivity index (χ0n) is 16.0. The van der Waals surface area contributed by atoms with Gasteiger partial charge in [-0.05, 0) is 32.1 Å². The van der Waals surface area contributed by atoms with Crippen molar-refractivity contribution in [3.05, 3.63) is 29.8 Å². The number of carbonyl (C=O) groups is 2. The lowest BCUT2D eigenvalue weighted by molar-refractivity contribution is -0.120. The predicted molar refractivity (Wildman–Crippen MR) is 102 cm³/mol. The molecule has 3 amide bonds. The Hall–Kier alpha value is -2.12. The number of nitrogens with zero attached hydrogens (tertiary/aromatic N) is 2. The number of nitrogens with one attached hydrogen (secondary N) is 2. The maximum atomic E-state index is 12.8. The van der Waals surface area contributed by atoms with Crippen molar-refractivity contribution >= 4 is 17.6 Å². The number of rotatable bonds is 6. The Morgan fingerprint density at radius 2 is 2.08 bits per heavy atom. The Labute approximate surface area is 155 Å². The third kappa shape index (κ3) is 6.31. The predicted octanol–water partition coefficient (Wildman–Crippen LogP) is 1.41. The van der Waals surface area contributed by atoms with E-state index in [2.05, 4.69) is 15.5 Å². The van der Waals surface area contributed by atoms with Crippen molar-refractivity contribution in [1.82, 2.24) is 15.1 Å². The Kier molecular flexibility index (Phi) is 7.87. The molecule has 2 N–H and O–H groups in total. The number of amides is 3. The van der Waals surface area contributed by atoms with Crippen molar-refractivity contribution in [2.75, 3.05) is 59.3 Å². The van der Waals surface area contributed by atoms with Crippen molar-refractivity contribution < 1.29 is 14.3 Å². The summed E-state index contributed by atoms with van der Waals surface area (Å²) in [5, 5.41) is 5.63. The number of para-hydroxylation sites is 1. The zero-order valence-corrected chi connectivity index (χ0v) is 16.0. The van der Waals surface area contributed by atoms with Gasteiger partial charge in [0.25, 0.3) is 0 Å². The first-order chi connectivity index (χ1) is 12.5. The highest BCUT2D eigenvalue weighted by Crippen LogP contribution is 2.18. The summed E-state index contributed by atoms with van der Waals surface area (Å²) in [6, 6.07) is 7.51. The quantitative estimate of drug-likeness (QED) is 0.802. The van der Waals surface area contributed by atoms with Gasteiger partial charge in [-0.2, -0.15) is 0 Å². The van der Waals surface area contributed by atoms with E-state index in [1.807, 2.05) is 43.3 Å². The normalized spacial score (nSPS) is 17.7. The second-order valence-corrected chi connectivity index (χ2v) is 6.91. The molecule has 0 aliphatic carbocycles. The summed E-state index contributed by atoms with van der Waals surface area (Å²) in [5.41, 5.74) is 1.72. The molecular formula is C19H30N4O3. The van der Waals surface area contributed by atoms with Gasteiger partial charge in [-0.1, -0.05) is 18.2 Å². The number of urea groups is 1. The molecule has 1 aromatic carbocycles. The van der Waals surface area contributed by atoms with E-state index in [-0.39, 0.29) is 11.9 Å². The fourth-order valence-corrected chi connectivity index (χ4v) is 3.12. The van der Waals surface area contributed by atoms with Gasteiger partial charge in [0, 0.05) is 44.7 Å². The summed E-state index contributed by atoms with van der Waals surface area (Å²) < 4.78 is 5.65. The van der Waals surface area contributed by atoms with Gasteiger partial charge in [-0.25, -0.2) is 4.79 Å². The van der Waals surface area contributed by atoms with E-state index in [0.717, 1.165) is 17.8 Å². The molecule has 7 heteroatoms. The highest BCUT2D eigenvalue weighted by Gasteiger charge is 2.23. The molecule has 0 radical (unpaired) electrons. The van der Waals surface area contributed by atoms with Crippen LogP contribution >= 0.6 is 0 Å². The molecule has 1 aliphatic heterocycles. The van der Waals surface area contributed by atoms with Gasteiger partial charge in [-0.3, -0.25) is 4.79 Å². The lowest BCUT2D eigenvalue weighted by Crippen LogP contribution is -2.41. The van der Waals surface area contributed by atoms with Crippen LogP contribution in [0.2, 0.25) is 0 Å². The molecule has 144 valence electrons. The largest absolute Gasteiger partial charge is 0.379 e. The van der Waals surface area contributed by atoms with Crippen molar-refractivity contribution in [1.29, 1.82) is 0 Å². The van der Waals surface area contributed by atoms with E-state index in [1.54, 1.807) is 7.05 Å². The molecule has 2 rings (SSSR count). The second-order valence-electron chi connectivity index (χ2n) is 6.91. The van der Waals surface area contributed by atoms with Crippen molar-refractivity contribution in [3.8, 4) is 0 Å². The number of hydrogen-bond donors (Lipinski definition) is 2. The molecule has 26 heavy (non-hydrogen) atoms.